The number of ether oxygens (including phenoxy) is 2. The molecule has 0 fully saturated rings. The number of imidazole rings is 1. The molecule has 0 unspecified atom stereocenters. The van der Waals surface area contributed by atoms with Crippen molar-refractivity contribution in [2.24, 2.45) is 0 Å². The number of anilines is 1. The second kappa shape index (κ2) is 9.00. The van der Waals surface area contributed by atoms with E-state index in [0.717, 1.165) is 16.1 Å². The van der Waals surface area contributed by atoms with Crippen molar-refractivity contribution >= 4 is 34.2 Å². The van der Waals surface area contributed by atoms with Crippen molar-refractivity contribution in [3.8, 4) is 5.69 Å². The van der Waals surface area contributed by atoms with Gasteiger partial charge in [0.2, 0.25) is 0 Å². The number of methoxy groups -OCH3 is 1. The summed E-state index contributed by atoms with van der Waals surface area (Å²) in [5.74, 6) is -1.82. The van der Waals surface area contributed by atoms with Crippen LogP contribution in [0, 0.1) is 20.8 Å². The molecule has 2 aromatic heterocycles. The Morgan fingerprint density at radius 3 is 2.35 bits per heavy atom. The number of hydrogen-bond donors (Lipinski definition) is 2. The zero-order valence-corrected chi connectivity index (χ0v) is 18.2. The van der Waals surface area contributed by atoms with Crippen molar-refractivity contribution in [3.63, 3.8) is 0 Å². The third-order valence-electron chi connectivity index (χ3n) is 4.68. The molecule has 162 valence electrons. The van der Waals surface area contributed by atoms with Crippen LogP contribution in [0.25, 0.3) is 5.69 Å². The van der Waals surface area contributed by atoms with Gasteiger partial charge < -0.3 is 19.8 Å². The van der Waals surface area contributed by atoms with E-state index >= 15 is 0 Å². The van der Waals surface area contributed by atoms with Crippen LogP contribution in [0.2, 0.25) is 0 Å². The van der Waals surface area contributed by atoms with Gasteiger partial charge in [0.1, 0.15) is 5.00 Å². The fourth-order valence-electron chi connectivity index (χ4n) is 2.96. The minimum Gasteiger partial charge on any atom is -0.465 e. The average Bonchev–Trinajstić information content (AvgIpc) is 3.23. The molecular formula is C21H21N3O6S. The first-order valence-electron chi connectivity index (χ1n) is 9.25. The van der Waals surface area contributed by atoms with Gasteiger partial charge in [0.15, 0.2) is 6.61 Å². The number of amides is 1. The van der Waals surface area contributed by atoms with Crippen molar-refractivity contribution in [3.05, 3.63) is 68.2 Å². The topological polar surface area (TPSA) is 119 Å². The number of nitrogens with zero attached hydrogens (tertiary/aromatic N) is 1. The number of carbonyl (C=O) groups excluding carboxylic acids is 3. The highest BCUT2D eigenvalue weighted by atomic mass is 32.1. The second-order valence-electron chi connectivity index (χ2n) is 6.72. The summed E-state index contributed by atoms with van der Waals surface area (Å²) in [6.45, 7) is 4.85. The Hall–Kier alpha value is -3.66. The molecule has 0 aliphatic rings. The largest absolute Gasteiger partial charge is 0.465 e. The summed E-state index contributed by atoms with van der Waals surface area (Å²) in [6, 6.07) is 6.24. The molecule has 2 heterocycles. The number of H-pyrrole nitrogens is 1. The Kier molecular flexibility index (Phi) is 6.40. The molecule has 0 radical (unpaired) electrons. The van der Waals surface area contributed by atoms with Crippen LogP contribution in [-0.4, -0.2) is 41.1 Å². The van der Waals surface area contributed by atoms with Gasteiger partial charge in [0, 0.05) is 16.8 Å². The minimum absolute atomic E-state index is 0.232. The zero-order chi connectivity index (χ0) is 22.7. The predicted octanol–water partition coefficient (Wildman–Crippen LogP) is 2.73. The Bertz CT molecular complexity index is 1200. The van der Waals surface area contributed by atoms with Gasteiger partial charge in [-0.25, -0.2) is 14.4 Å². The molecule has 1 amide bonds. The average molecular weight is 443 g/mol. The highest BCUT2D eigenvalue weighted by molar-refractivity contribution is 7.16. The number of hydrogen-bond acceptors (Lipinski definition) is 7. The van der Waals surface area contributed by atoms with E-state index in [1.165, 1.54) is 35.1 Å². The third kappa shape index (κ3) is 4.58. The summed E-state index contributed by atoms with van der Waals surface area (Å²) >= 11 is 1.24. The molecule has 0 saturated carbocycles. The Balaban J connectivity index is 1.64. The molecule has 3 rings (SSSR count). The number of rotatable bonds is 6. The Morgan fingerprint density at radius 1 is 1.10 bits per heavy atom. The number of carbonyl (C=O) groups is 3. The van der Waals surface area contributed by atoms with Crippen LogP contribution in [0.4, 0.5) is 5.00 Å². The van der Waals surface area contributed by atoms with Crippen LogP contribution in [0.15, 0.2) is 35.3 Å². The smallest absolute Gasteiger partial charge is 0.341 e. The van der Waals surface area contributed by atoms with Gasteiger partial charge in [0.05, 0.1) is 23.9 Å². The van der Waals surface area contributed by atoms with E-state index in [1.807, 2.05) is 6.92 Å². The van der Waals surface area contributed by atoms with Gasteiger partial charge in [-0.1, -0.05) is 0 Å². The molecule has 9 nitrogen and oxygen atoms in total. The monoisotopic (exact) mass is 443 g/mol. The van der Waals surface area contributed by atoms with Crippen molar-refractivity contribution in [2.45, 2.75) is 20.8 Å². The van der Waals surface area contributed by atoms with Crippen LogP contribution in [0.1, 0.15) is 36.9 Å². The molecule has 2 N–H and O–H groups in total. The quantitative estimate of drug-likeness (QED) is 0.566. The molecule has 0 spiro atoms. The first kappa shape index (κ1) is 22.0. The highest BCUT2D eigenvalue weighted by Gasteiger charge is 2.22. The molecular weight excluding hydrogens is 422 g/mol. The summed E-state index contributed by atoms with van der Waals surface area (Å²) in [5, 5.41) is 2.94. The summed E-state index contributed by atoms with van der Waals surface area (Å²) in [6.07, 6.45) is 1.59. The van der Waals surface area contributed by atoms with E-state index in [-0.39, 0.29) is 16.8 Å². The maximum absolute atomic E-state index is 12.3. The zero-order valence-electron chi connectivity index (χ0n) is 17.4. The van der Waals surface area contributed by atoms with E-state index < -0.39 is 24.5 Å². The third-order valence-corrected chi connectivity index (χ3v) is 5.81. The first-order chi connectivity index (χ1) is 14.7. The SMILES string of the molecule is COC(=O)c1c(NC(=O)COC(=O)c2ccc(-n3c(C)c[nH]c3=O)cc2)sc(C)c1C. The lowest BCUT2D eigenvalue weighted by Crippen LogP contribution is -2.21. The number of aromatic nitrogens is 2. The number of nitrogens with one attached hydrogen (secondary N) is 2. The Morgan fingerprint density at radius 2 is 1.77 bits per heavy atom. The number of esters is 2. The van der Waals surface area contributed by atoms with Crippen LogP contribution in [-0.2, 0) is 14.3 Å². The fraction of sp³-hybridized carbons (Fsp3) is 0.238. The van der Waals surface area contributed by atoms with Crippen molar-refractivity contribution in [1.82, 2.24) is 9.55 Å². The van der Waals surface area contributed by atoms with Gasteiger partial charge in [-0.05, 0) is 50.6 Å². The molecule has 0 saturated heterocycles. The minimum atomic E-state index is -0.688. The van der Waals surface area contributed by atoms with Crippen molar-refractivity contribution in [1.29, 1.82) is 0 Å². The number of thiophene rings is 1. The van der Waals surface area contributed by atoms with E-state index in [9.17, 15) is 19.2 Å². The standard InChI is InChI=1S/C21H21N3O6S/c1-11-9-22-21(28)24(11)15-7-5-14(6-8-15)19(26)30-10-16(25)23-18-17(20(27)29-4)12(2)13(3)31-18/h5-9H,10H2,1-4H3,(H,22,28)(H,23,25). The van der Waals surface area contributed by atoms with E-state index in [1.54, 1.807) is 32.2 Å². The Labute approximate surface area is 181 Å². The molecule has 0 bridgehead atoms. The predicted molar refractivity (Wildman–Crippen MR) is 115 cm³/mol. The number of aromatic amines is 1. The van der Waals surface area contributed by atoms with Crippen LogP contribution in [0.3, 0.4) is 0 Å². The first-order valence-corrected chi connectivity index (χ1v) is 10.1. The summed E-state index contributed by atoms with van der Waals surface area (Å²) in [5.41, 5.74) is 2.28. The van der Waals surface area contributed by atoms with E-state index in [0.29, 0.717) is 10.7 Å². The lowest BCUT2D eigenvalue weighted by atomic mass is 10.1. The molecule has 10 heteroatoms. The van der Waals surface area contributed by atoms with Crippen LogP contribution >= 0.6 is 11.3 Å². The van der Waals surface area contributed by atoms with E-state index in [2.05, 4.69) is 10.3 Å². The normalized spacial score (nSPS) is 10.6. The fourth-order valence-corrected chi connectivity index (χ4v) is 4.03. The second-order valence-corrected chi connectivity index (χ2v) is 7.95. The summed E-state index contributed by atoms with van der Waals surface area (Å²) in [4.78, 5) is 51.8. The van der Waals surface area contributed by atoms with Crippen LogP contribution in [0.5, 0.6) is 0 Å². The lowest BCUT2D eigenvalue weighted by molar-refractivity contribution is -0.119. The number of benzene rings is 1. The molecule has 3 aromatic rings. The maximum atomic E-state index is 12.3. The molecule has 31 heavy (non-hydrogen) atoms. The summed E-state index contributed by atoms with van der Waals surface area (Å²) in [7, 11) is 1.27. The molecule has 0 aliphatic carbocycles. The van der Waals surface area contributed by atoms with Gasteiger partial charge in [-0.2, -0.15) is 0 Å². The van der Waals surface area contributed by atoms with Crippen molar-refractivity contribution in [2.75, 3.05) is 19.0 Å². The van der Waals surface area contributed by atoms with E-state index in [4.69, 9.17) is 9.47 Å². The molecule has 1 aromatic carbocycles. The highest BCUT2D eigenvalue weighted by Crippen LogP contribution is 2.32. The summed E-state index contributed by atoms with van der Waals surface area (Å²) < 4.78 is 11.3. The lowest BCUT2D eigenvalue weighted by Gasteiger charge is -2.08. The van der Waals surface area contributed by atoms with Crippen LogP contribution < -0.4 is 11.0 Å². The van der Waals surface area contributed by atoms with Gasteiger partial charge in [-0.15, -0.1) is 11.3 Å². The molecule has 0 atom stereocenters. The van der Waals surface area contributed by atoms with Crippen molar-refractivity contribution < 1.29 is 23.9 Å². The maximum Gasteiger partial charge on any atom is 0.341 e. The molecule has 0 aliphatic heterocycles. The van der Waals surface area contributed by atoms with Gasteiger partial charge in [-0.3, -0.25) is 9.36 Å². The van der Waals surface area contributed by atoms with Gasteiger partial charge >= 0.3 is 17.6 Å². The van der Waals surface area contributed by atoms with Gasteiger partial charge in [0.25, 0.3) is 5.91 Å². The number of aryl methyl sites for hydroxylation is 2.